The van der Waals surface area contributed by atoms with Crippen LogP contribution in [0, 0.1) is 0 Å². The van der Waals surface area contributed by atoms with Crippen LogP contribution >= 0.6 is 15.9 Å². The highest BCUT2D eigenvalue weighted by molar-refractivity contribution is 9.10. The van der Waals surface area contributed by atoms with Crippen molar-refractivity contribution >= 4 is 49.3 Å². The molecule has 0 atom stereocenters. The van der Waals surface area contributed by atoms with Crippen molar-refractivity contribution in [3.05, 3.63) is 85.5 Å². The summed E-state index contributed by atoms with van der Waals surface area (Å²) in [6, 6.07) is 12.6. The summed E-state index contributed by atoms with van der Waals surface area (Å²) >= 11 is 3.24. The van der Waals surface area contributed by atoms with E-state index in [0.29, 0.717) is 0 Å². The van der Waals surface area contributed by atoms with E-state index in [0.717, 1.165) is 19.7 Å². The molecule has 178 valence electrons. The van der Waals surface area contributed by atoms with Gasteiger partial charge in [-0.2, -0.15) is 0 Å². The van der Waals surface area contributed by atoms with E-state index in [1.54, 1.807) is 12.1 Å². The van der Waals surface area contributed by atoms with Crippen molar-refractivity contribution in [3.63, 3.8) is 0 Å². The lowest BCUT2D eigenvalue weighted by Gasteiger charge is -2.11. The van der Waals surface area contributed by atoms with Crippen LogP contribution in [0.4, 0.5) is 11.5 Å². The SMILES string of the molecule is Cn1c(NC(=O)COC(=O)c2ccc(NS(=O)(=O)c3ccc(Br)cc3)cc2)cc(=O)n(C)c1=O. The fourth-order valence-electron chi connectivity index (χ4n) is 2.75. The molecule has 3 rings (SSSR count). The minimum atomic E-state index is -3.81. The fourth-order valence-corrected chi connectivity index (χ4v) is 4.07. The van der Waals surface area contributed by atoms with Crippen molar-refractivity contribution in [1.82, 2.24) is 9.13 Å². The Balaban J connectivity index is 1.60. The molecular weight excluding hydrogens is 532 g/mol. The van der Waals surface area contributed by atoms with Crippen molar-refractivity contribution in [2.24, 2.45) is 14.1 Å². The molecule has 3 aromatic rings. The Morgan fingerprint density at radius 3 is 2.21 bits per heavy atom. The van der Waals surface area contributed by atoms with Gasteiger partial charge in [0.25, 0.3) is 21.5 Å². The quantitative estimate of drug-likeness (QED) is 0.423. The molecular formula is C21H19BrN4O7S. The largest absolute Gasteiger partial charge is 0.452 e. The maximum Gasteiger partial charge on any atom is 0.338 e. The molecule has 2 N–H and O–H groups in total. The molecule has 34 heavy (non-hydrogen) atoms. The third-order valence-corrected chi connectivity index (χ3v) is 6.55. The van der Waals surface area contributed by atoms with Gasteiger partial charge in [-0.25, -0.2) is 18.0 Å². The van der Waals surface area contributed by atoms with Gasteiger partial charge in [0, 0.05) is 30.3 Å². The number of hydrogen-bond acceptors (Lipinski definition) is 7. The molecule has 0 spiro atoms. The number of hydrogen-bond donors (Lipinski definition) is 2. The van der Waals surface area contributed by atoms with E-state index in [9.17, 15) is 27.6 Å². The van der Waals surface area contributed by atoms with E-state index >= 15 is 0 Å². The van der Waals surface area contributed by atoms with E-state index in [4.69, 9.17) is 4.74 Å². The summed E-state index contributed by atoms with van der Waals surface area (Å²) in [5, 5.41) is 2.33. The summed E-state index contributed by atoms with van der Waals surface area (Å²) in [6.45, 7) is -0.666. The number of rotatable bonds is 7. The number of halogens is 1. The summed E-state index contributed by atoms with van der Waals surface area (Å²) in [4.78, 5) is 48.0. The average Bonchev–Trinajstić information content (AvgIpc) is 2.80. The number of nitrogens with zero attached hydrogens (tertiary/aromatic N) is 2. The zero-order valence-electron chi connectivity index (χ0n) is 17.9. The van der Waals surface area contributed by atoms with Gasteiger partial charge in [-0.3, -0.25) is 23.4 Å². The molecule has 0 saturated carbocycles. The average molecular weight is 551 g/mol. The van der Waals surface area contributed by atoms with E-state index in [1.165, 1.54) is 50.5 Å². The molecule has 0 unspecified atom stereocenters. The third kappa shape index (κ3) is 5.80. The predicted molar refractivity (Wildman–Crippen MR) is 127 cm³/mol. The van der Waals surface area contributed by atoms with Crippen molar-refractivity contribution in [2.45, 2.75) is 4.90 Å². The Morgan fingerprint density at radius 1 is 0.971 bits per heavy atom. The highest BCUT2D eigenvalue weighted by Gasteiger charge is 2.16. The Morgan fingerprint density at radius 2 is 1.59 bits per heavy atom. The Bertz CT molecular complexity index is 1460. The summed E-state index contributed by atoms with van der Waals surface area (Å²) in [6.07, 6.45) is 0. The van der Waals surface area contributed by atoms with Gasteiger partial charge in [0.15, 0.2) is 6.61 Å². The predicted octanol–water partition coefficient (Wildman–Crippen LogP) is 1.44. The highest BCUT2D eigenvalue weighted by atomic mass is 79.9. The molecule has 0 aliphatic heterocycles. The second kappa shape index (κ2) is 10.1. The molecule has 1 aromatic heterocycles. The van der Waals surface area contributed by atoms with Crippen molar-refractivity contribution in [3.8, 4) is 0 Å². The Kier molecular flexibility index (Phi) is 7.37. The molecule has 0 saturated heterocycles. The van der Waals surface area contributed by atoms with E-state index in [1.807, 2.05) is 0 Å². The maximum absolute atomic E-state index is 12.4. The van der Waals surface area contributed by atoms with Gasteiger partial charge in [-0.1, -0.05) is 15.9 Å². The minimum Gasteiger partial charge on any atom is -0.452 e. The van der Waals surface area contributed by atoms with Crippen molar-refractivity contribution in [1.29, 1.82) is 0 Å². The molecule has 0 fully saturated rings. The lowest BCUT2D eigenvalue weighted by Crippen LogP contribution is -2.38. The van der Waals surface area contributed by atoms with Crippen LogP contribution in [0.1, 0.15) is 10.4 Å². The second-order valence-corrected chi connectivity index (χ2v) is 9.63. The molecule has 0 bridgehead atoms. The first-order valence-corrected chi connectivity index (χ1v) is 11.9. The van der Waals surface area contributed by atoms with Gasteiger partial charge in [-0.05, 0) is 48.5 Å². The first-order chi connectivity index (χ1) is 16.0. The van der Waals surface area contributed by atoms with Crippen molar-refractivity contribution in [2.75, 3.05) is 16.6 Å². The second-order valence-electron chi connectivity index (χ2n) is 7.03. The van der Waals surface area contributed by atoms with Crippen LogP contribution in [-0.2, 0) is 33.7 Å². The molecule has 0 radical (unpaired) electrons. The fraction of sp³-hybridized carbons (Fsp3) is 0.143. The van der Waals surface area contributed by atoms with Gasteiger partial charge in [0.05, 0.1) is 10.5 Å². The van der Waals surface area contributed by atoms with Gasteiger partial charge in [-0.15, -0.1) is 0 Å². The number of amides is 1. The zero-order chi connectivity index (χ0) is 25.0. The number of esters is 1. The first kappa shape index (κ1) is 24.9. The number of anilines is 2. The maximum atomic E-state index is 12.4. The van der Waals surface area contributed by atoms with E-state index in [2.05, 4.69) is 26.0 Å². The smallest absolute Gasteiger partial charge is 0.338 e. The lowest BCUT2D eigenvalue weighted by molar-refractivity contribution is -0.119. The lowest BCUT2D eigenvalue weighted by atomic mass is 10.2. The monoisotopic (exact) mass is 550 g/mol. The van der Waals surface area contributed by atoms with E-state index in [-0.39, 0.29) is 22.0 Å². The van der Waals surface area contributed by atoms with Gasteiger partial charge in [0.2, 0.25) is 0 Å². The number of carbonyl (C=O) groups excluding carboxylic acids is 2. The van der Waals surface area contributed by atoms with Crippen LogP contribution in [0.15, 0.2) is 73.6 Å². The summed E-state index contributed by atoms with van der Waals surface area (Å²) in [7, 11) is -1.14. The van der Waals surface area contributed by atoms with Crippen LogP contribution in [-0.4, -0.2) is 36.0 Å². The topological polar surface area (TPSA) is 146 Å². The molecule has 0 aliphatic rings. The number of carbonyl (C=O) groups is 2. The standard InChI is InChI=1S/C21H19BrN4O7S/c1-25-17(11-19(28)26(2)21(25)30)23-18(27)12-33-20(29)13-3-7-15(8-4-13)24-34(31,32)16-9-5-14(22)6-10-16/h3-11,24H,12H2,1-2H3,(H,23,27). The van der Waals surface area contributed by atoms with Crippen LogP contribution in [0.25, 0.3) is 0 Å². The summed E-state index contributed by atoms with van der Waals surface area (Å²) in [5.74, 6) is -1.62. The van der Waals surface area contributed by atoms with Gasteiger partial charge < -0.3 is 10.1 Å². The first-order valence-electron chi connectivity index (χ1n) is 9.60. The van der Waals surface area contributed by atoms with Crippen LogP contribution < -0.4 is 21.3 Å². The molecule has 0 aliphatic carbocycles. The van der Waals surface area contributed by atoms with Gasteiger partial charge >= 0.3 is 11.7 Å². The van der Waals surface area contributed by atoms with Crippen LogP contribution in [0.2, 0.25) is 0 Å². The number of sulfonamides is 1. The molecule has 1 amide bonds. The summed E-state index contributed by atoms with van der Waals surface area (Å²) < 4.78 is 34.9. The van der Waals surface area contributed by atoms with Crippen LogP contribution in [0.3, 0.4) is 0 Å². The minimum absolute atomic E-state index is 0.0449. The van der Waals surface area contributed by atoms with Gasteiger partial charge in [0.1, 0.15) is 5.82 Å². The highest BCUT2D eigenvalue weighted by Crippen LogP contribution is 2.19. The summed E-state index contributed by atoms with van der Waals surface area (Å²) in [5.41, 5.74) is -0.925. The number of aromatic nitrogens is 2. The molecule has 11 nitrogen and oxygen atoms in total. The normalized spacial score (nSPS) is 11.0. The number of ether oxygens (including phenoxy) is 1. The third-order valence-electron chi connectivity index (χ3n) is 4.62. The zero-order valence-corrected chi connectivity index (χ0v) is 20.3. The molecule has 13 heteroatoms. The van der Waals surface area contributed by atoms with Crippen LogP contribution in [0.5, 0.6) is 0 Å². The van der Waals surface area contributed by atoms with Crippen molar-refractivity contribution < 1.29 is 22.7 Å². The van der Waals surface area contributed by atoms with E-state index < -0.39 is 39.8 Å². The number of benzene rings is 2. The number of nitrogens with one attached hydrogen (secondary N) is 2. The molecule has 1 heterocycles. The Labute approximate surface area is 202 Å². The Hall–Kier alpha value is -3.71. The molecule has 2 aromatic carbocycles.